The molecule has 75 heavy (non-hydrogen) atoms. The highest BCUT2D eigenvalue weighted by Crippen LogP contribution is 2.18. The number of nitrogens with one attached hydrogen (secondary N) is 1. The molecular weight excluding hydrogens is 923 g/mol. The van der Waals surface area contributed by atoms with Gasteiger partial charge in [-0.3, -0.25) is 9.59 Å². The predicted octanol–water partition coefficient (Wildman–Crippen LogP) is 21.5. The van der Waals surface area contributed by atoms with Crippen molar-refractivity contribution in [3.8, 4) is 0 Å². The first-order chi connectivity index (χ1) is 37.0. The quantitative estimate of drug-likeness (QED) is 0.0320. The molecule has 6 nitrogen and oxygen atoms in total. The lowest BCUT2D eigenvalue weighted by Gasteiger charge is -2.20. The topological polar surface area (TPSA) is 95.9 Å². The average molecular weight is 1050 g/mol. The Balaban J connectivity index is 3.40. The van der Waals surface area contributed by atoms with E-state index in [0.717, 1.165) is 44.9 Å². The maximum atomic E-state index is 12.5. The Bertz CT molecular complexity index is 1210. The molecule has 2 atom stereocenters. The Hall–Kier alpha value is -1.92. The zero-order chi connectivity index (χ0) is 54.3. The highest BCUT2D eigenvalue weighted by molar-refractivity contribution is 5.76. The van der Waals surface area contributed by atoms with Crippen molar-refractivity contribution in [1.82, 2.24) is 5.32 Å². The Kier molecular flexibility index (Phi) is 63.0. The number of carbonyl (C=O) groups is 2. The summed E-state index contributed by atoms with van der Waals surface area (Å²) in [5, 5.41) is 23.2. The molecule has 442 valence electrons. The van der Waals surface area contributed by atoms with Crippen molar-refractivity contribution >= 4 is 11.9 Å². The second-order valence-corrected chi connectivity index (χ2v) is 23.1. The Morgan fingerprint density at radius 2 is 0.627 bits per heavy atom. The summed E-state index contributed by atoms with van der Waals surface area (Å²) in [5.74, 6) is -0.0592. The number of ether oxygens (including phenoxy) is 1. The summed E-state index contributed by atoms with van der Waals surface area (Å²) in [6, 6.07) is -0.628. The van der Waals surface area contributed by atoms with Gasteiger partial charge in [-0.15, -0.1) is 0 Å². The van der Waals surface area contributed by atoms with Gasteiger partial charge in [0.25, 0.3) is 0 Å². The van der Waals surface area contributed by atoms with Crippen molar-refractivity contribution in [1.29, 1.82) is 0 Å². The molecule has 3 N–H and O–H groups in total. The van der Waals surface area contributed by atoms with Crippen LogP contribution < -0.4 is 5.32 Å². The summed E-state index contributed by atoms with van der Waals surface area (Å²) in [6.45, 7) is 4.91. The minimum atomic E-state index is -0.845. The summed E-state index contributed by atoms with van der Waals surface area (Å²) in [5.41, 5.74) is 0. The number of unbranched alkanes of at least 4 members (excludes halogenated alkanes) is 48. The first-order valence-corrected chi connectivity index (χ1v) is 33.8. The normalized spacial score (nSPS) is 12.7. The summed E-state index contributed by atoms with van der Waals surface area (Å²) >= 11 is 0. The largest absolute Gasteiger partial charge is 0.466 e. The molecule has 0 spiro atoms. The van der Waals surface area contributed by atoms with Crippen LogP contribution >= 0.6 is 0 Å². The number of aliphatic hydroxyl groups is 2. The monoisotopic (exact) mass is 1050 g/mol. The van der Waals surface area contributed by atoms with Crippen LogP contribution in [0.1, 0.15) is 367 Å². The zero-order valence-electron chi connectivity index (χ0n) is 50.5. The van der Waals surface area contributed by atoms with Crippen LogP contribution in [0.25, 0.3) is 0 Å². The maximum Gasteiger partial charge on any atom is 0.305 e. The van der Waals surface area contributed by atoms with E-state index in [2.05, 4.69) is 43.5 Å². The molecule has 0 aliphatic heterocycles. The van der Waals surface area contributed by atoms with E-state index in [0.29, 0.717) is 19.4 Å². The molecule has 0 aromatic rings. The van der Waals surface area contributed by atoms with Crippen molar-refractivity contribution in [3.63, 3.8) is 0 Å². The number of amides is 1. The molecule has 0 radical (unpaired) electrons. The van der Waals surface area contributed by atoms with E-state index in [4.69, 9.17) is 4.74 Å². The van der Waals surface area contributed by atoms with Crippen molar-refractivity contribution < 1.29 is 24.5 Å². The molecule has 0 bridgehead atoms. The van der Waals surface area contributed by atoms with Gasteiger partial charge in [0.2, 0.25) is 5.91 Å². The van der Waals surface area contributed by atoms with Crippen molar-refractivity contribution in [3.05, 3.63) is 36.5 Å². The minimum absolute atomic E-state index is 0.00637. The third-order valence-corrected chi connectivity index (χ3v) is 15.6. The van der Waals surface area contributed by atoms with E-state index in [-0.39, 0.29) is 18.5 Å². The van der Waals surface area contributed by atoms with Crippen molar-refractivity contribution in [2.75, 3.05) is 13.2 Å². The number of rotatable bonds is 63. The van der Waals surface area contributed by atoms with E-state index in [1.165, 1.54) is 295 Å². The molecule has 0 saturated heterocycles. The lowest BCUT2D eigenvalue weighted by Crippen LogP contribution is -2.45. The SMILES string of the molecule is CCCCCC/C=C\CCCCCCCC(=O)OCCCCCCCCCCCCCC/C=C\CCCCCCCCCCCCCCC(=O)NC(CO)C(O)/C=C/CCCCCCCCCCCCCCCCC. The molecule has 0 aliphatic rings. The van der Waals surface area contributed by atoms with Crippen LogP contribution in [0.2, 0.25) is 0 Å². The molecule has 0 heterocycles. The van der Waals surface area contributed by atoms with Gasteiger partial charge >= 0.3 is 5.97 Å². The summed E-state index contributed by atoms with van der Waals surface area (Å²) < 4.78 is 5.48. The number of hydrogen-bond acceptors (Lipinski definition) is 5. The van der Waals surface area contributed by atoms with Gasteiger partial charge in [-0.1, -0.05) is 307 Å². The fraction of sp³-hybridized carbons (Fsp3) is 0.884. The number of allylic oxidation sites excluding steroid dienone is 5. The van der Waals surface area contributed by atoms with Gasteiger partial charge in [-0.25, -0.2) is 0 Å². The molecule has 0 aromatic carbocycles. The highest BCUT2D eigenvalue weighted by Gasteiger charge is 2.18. The van der Waals surface area contributed by atoms with Crippen LogP contribution in [0.4, 0.5) is 0 Å². The second kappa shape index (κ2) is 64.6. The fourth-order valence-corrected chi connectivity index (χ4v) is 10.4. The van der Waals surface area contributed by atoms with E-state index in [1.807, 2.05) is 6.08 Å². The number of esters is 1. The van der Waals surface area contributed by atoms with Gasteiger partial charge in [0, 0.05) is 12.8 Å². The summed E-state index contributed by atoms with van der Waals surface area (Å²) in [4.78, 5) is 24.5. The Morgan fingerprint density at radius 3 is 0.960 bits per heavy atom. The molecular formula is C69H131NO5. The molecule has 2 unspecified atom stereocenters. The number of carbonyl (C=O) groups excluding carboxylic acids is 2. The molecule has 6 heteroatoms. The average Bonchev–Trinajstić information content (AvgIpc) is 3.41. The molecule has 0 saturated carbocycles. The number of hydrogen-bond donors (Lipinski definition) is 3. The standard InChI is InChI=1S/C69H131NO5/c1-3-5-7-9-11-13-15-17-18-31-34-38-41-45-49-53-57-61-67(72)66(65-71)70-68(73)62-58-54-50-46-42-39-35-32-29-27-25-23-21-19-20-22-24-26-28-30-33-36-40-44-48-52-56-60-64-75-69(74)63-59-55-51-47-43-37-16-14-12-10-8-6-4-2/h14,16,19-20,57,61,66-67,71-72H,3-13,15,17-18,21-56,58-60,62-65H2,1-2H3,(H,70,73)/b16-14-,20-19-,61-57+. The van der Waals surface area contributed by atoms with Gasteiger partial charge in [-0.2, -0.15) is 0 Å². The first kappa shape index (κ1) is 73.1. The van der Waals surface area contributed by atoms with E-state index < -0.39 is 12.1 Å². The molecule has 0 rings (SSSR count). The highest BCUT2D eigenvalue weighted by atomic mass is 16.5. The van der Waals surface area contributed by atoms with Gasteiger partial charge in [0.1, 0.15) is 0 Å². The summed E-state index contributed by atoms with van der Waals surface area (Å²) in [7, 11) is 0. The lowest BCUT2D eigenvalue weighted by molar-refractivity contribution is -0.143. The fourth-order valence-electron chi connectivity index (χ4n) is 10.4. The zero-order valence-corrected chi connectivity index (χ0v) is 50.5. The van der Waals surface area contributed by atoms with E-state index in [9.17, 15) is 19.8 Å². The molecule has 0 fully saturated rings. The van der Waals surface area contributed by atoms with Crippen LogP contribution in [-0.2, 0) is 14.3 Å². The minimum Gasteiger partial charge on any atom is -0.466 e. The third-order valence-electron chi connectivity index (χ3n) is 15.6. The third kappa shape index (κ3) is 61.2. The Morgan fingerprint density at radius 1 is 0.360 bits per heavy atom. The predicted molar refractivity (Wildman–Crippen MR) is 329 cm³/mol. The van der Waals surface area contributed by atoms with E-state index >= 15 is 0 Å². The maximum absolute atomic E-state index is 12.5. The van der Waals surface area contributed by atoms with Crippen LogP contribution in [-0.4, -0.2) is 47.4 Å². The van der Waals surface area contributed by atoms with Crippen LogP contribution in [0, 0.1) is 0 Å². The second-order valence-electron chi connectivity index (χ2n) is 23.1. The molecule has 1 amide bonds. The van der Waals surface area contributed by atoms with Gasteiger partial charge in [0.05, 0.1) is 25.4 Å². The van der Waals surface area contributed by atoms with Crippen LogP contribution in [0.3, 0.4) is 0 Å². The van der Waals surface area contributed by atoms with Crippen LogP contribution in [0.5, 0.6) is 0 Å². The van der Waals surface area contributed by atoms with Crippen LogP contribution in [0.15, 0.2) is 36.5 Å². The Labute approximate surface area is 468 Å². The summed E-state index contributed by atoms with van der Waals surface area (Å²) in [6.07, 6.45) is 82.1. The van der Waals surface area contributed by atoms with Gasteiger partial charge < -0.3 is 20.3 Å². The number of aliphatic hydroxyl groups excluding tert-OH is 2. The lowest BCUT2D eigenvalue weighted by atomic mass is 10.0. The smallest absolute Gasteiger partial charge is 0.305 e. The molecule has 0 aliphatic carbocycles. The van der Waals surface area contributed by atoms with Crippen molar-refractivity contribution in [2.24, 2.45) is 0 Å². The van der Waals surface area contributed by atoms with Gasteiger partial charge in [-0.05, 0) is 83.5 Å². The molecule has 0 aromatic heterocycles. The van der Waals surface area contributed by atoms with Gasteiger partial charge in [0.15, 0.2) is 0 Å². The van der Waals surface area contributed by atoms with E-state index in [1.54, 1.807) is 6.08 Å². The van der Waals surface area contributed by atoms with Crippen molar-refractivity contribution in [2.45, 2.75) is 379 Å². The first-order valence-electron chi connectivity index (χ1n) is 33.8.